The van der Waals surface area contributed by atoms with E-state index in [0.29, 0.717) is 0 Å². The van der Waals surface area contributed by atoms with Gasteiger partial charge in [-0.2, -0.15) is 8.78 Å². The molecule has 1 amide bonds. The molecule has 10 heteroatoms. The molecule has 0 aliphatic rings. The molecule has 0 aliphatic heterocycles. The Morgan fingerprint density at radius 1 is 1.00 bits per heavy atom. The molecule has 0 radical (unpaired) electrons. The first kappa shape index (κ1) is 21.6. The third-order valence-corrected chi connectivity index (χ3v) is 4.06. The van der Waals surface area contributed by atoms with Gasteiger partial charge in [0.05, 0.1) is 10.0 Å². The van der Waals surface area contributed by atoms with Crippen LogP contribution in [0.25, 0.3) is 0 Å². The molecule has 1 N–H and O–H groups in total. The van der Waals surface area contributed by atoms with Gasteiger partial charge in [0.25, 0.3) is 5.91 Å². The van der Waals surface area contributed by atoms with E-state index < -0.39 is 37.4 Å². The molecule has 0 saturated carbocycles. The normalized spacial score (nSPS) is 10.5. The van der Waals surface area contributed by atoms with Crippen molar-refractivity contribution in [3.8, 4) is 5.75 Å². The number of rotatable bonds is 8. The summed E-state index contributed by atoms with van der Waals surface area (Å²) in [4.78, 5) is 35.6. The summed E-state index contributed by atoms with van der Waals surface area (Å²) in [5.74, 6) is -2.26. The highest BCUT2D eigenvalue weighted by Crippen LogP contribution is 2.22. The number of hydrogen-bond acceptors (Lipinski definition) is 5. The minimum Gasteiger partial charge on any atom is -0.456 e. The first-order valence-electron chi connectivity index (χ1n) is 7.73. The fourth-order valence-electron chi connectivity index (χ4n) is 2.02. The van der Waals surface area contributed by atoms with Gasteiger partial charge in [0.15, 0.2) is 12.4 Å². The van der Waals surface area contributed by atoms with Crippen LogP contribution in [0.1, 0.15) is 20.7 Å². The molecule has 6 nitrogen and oxygen atoms in total. The second-order valence-electron chi connectivity index (χ2n) is 5.30. The van der Waals surface area contributed by atoms with Gasteiger partial charge in [-0.05, 0) is 36.4 Å². The minimum absolute atomic E-state index is 0.0119. The summed E-state index contributed by atoms with van der Waals surface area (Å²) in [6, 6.07) is 9.27. The number of hydrogen-bond donors (Lipinski definition) is 1. The molecular weight excluding hydrogens is 419 g/mol. The number of Topliss-reactive ketones (excluding diaryl/α,β-unsaturated/α-hetero) is 1. The second-order valence-corrected chi connectivity index (χ2v) is 6.12. The molecule has 148 valence electrons. The van der Waals surface area contributed by atoms with E-state index in [0.717, 1.165) is 6.07 Å². The Balaban J connectivity index is 1.82. The van der Waals surface area contributed by atoms with Crippen molar-refractivity contribution in [2.75, 3.05) is 13.2 Å². The maximum atomic E-state index is 12.2. The van der Waals surface area contributed by atoms with Gasteiger partial charge in [0, 0.05) is 11.1 Å². The summed E-state index contributed by atoms with van der Waals surface area (Å²) in [5.41, 5.74) is 0.222. The number of ketones is 1. The van der Waals surface area contributed by atoms with Gasteiger partial charge in [0.1, 0.15) is 12.3 Å². The van der Waals surface area contributed by atoms with Crippen molar-refractivity contribution in [2.24, 2.45) is 0 Å². The third kappa shape index (κ3) is 6.47. The summed E-state index contributed by atoms with van der Waals surface area (Å²) in [5, 5.41) is 2.72. The van der Waals surface area contributed by atoms with Crippen LogP contribution in [0.4, 0.5) is 8.78 Å². The van der Waals surface area contributed by atoms with Gasteiger partial charge < -0.3 is 14.8 Å². The quantitative estimate of drug-likeness (QED) is 0.508. The van der Waals surface area contributed by atoms with E-state index >= 15 is 0 Å². The van der Waals surface area contributed by atoms with E-state index in [-0.39, 0.29) is 26.9 Å². The van der Waals surface area contributed by atoms with Crippen molar-refractivity contribution in [2.45, 2.75) is 6.61 Å². The molecule has 28 heavy (non-hydrogen) atoms. The van der Waals surface area contributed by atoms with E-state index in [1.807, 2.05) is 0 Å². The van der Waals surface area contributed by atoms with Gasteiger partial charge >= 0.3 is 12.6 Å². The summed E-state index contributed by atoms with van der Waals surface area (Å²) < 4.78 is 33.4. The molecule has 0 fully saturated rings. The predicted octanol–water partition coefficient (Wildman–Crippen LogP) is 3.75. The first-order valence-corrected chi connectivity index (χ1v) is 8.49. The van der Waals surface area contributed by atoms with Crippen LogP contribution in [0.2, 0.25) is 10.0 Å². The average Bonchev–Trinajstić information content (AvgIpc) is 2.66. The zero-order valence-corrected chi connectivity index (χ0v) is 15.6. The zero-order chi connectivity index (χ0) is 20.7. The first-order chi connectivity index (χ1) is 13.3. The summed E-state index contributed by atoms with van der Waals surface area (Å²) in [7, 11) is 0. The number of ether oxygens (including phenoxy) is 2. The van der Waals surface area contributed by atoms with Crippen LogP contribution in [-0.2, 0) is 9.53 Å². The smallest absolute Gasteiger partial charge is 0.387 e. The number of carbonyl (C=O) groups excluding carboxylic acids is 3. The van der Waals surface area contributed by atoms with Crippen LogP contribution < -0.4 is 10.1 Å². The fourth-order valence-corrected chi connectivity index (χ4v) is 2.32. The number of benzene rings is 2. The van der Waals surface area contributed by atoms with Crippen molar-refractivity contribution in [1.29, 1.82) is 0 Å². The monoisotopic (exact) mass is 431 g/mol. The Hall–Kier alpha value is -2.71. The van der Waals surface area contributed by atoms with E-state index in [4.69, 9.17) is 27.9 Å². The summed E-state index contributed by atoms with van der Waals surface area (Å²) >= 11 is 11.6. The Morgan fingerprint density at radius 2 is 1.75 bits per heavy atom. The molecule has 0 aliphatic carbocycles. The molecule has 0 spiro atoms. The number of esters is 1. The molecule has 2 rings (SSSR count). The standard InChI is InChI=1S/C18H13Cl2F2NO5/c19-13-5-4-10(7-14(13)20)15(24)9-27-16(25)8-23-17(26)11-2-1-3-12(6-11)28-18(21)22/h1-7,18H,8-9H2,(H,23,26). The molecule has 2 aromatic carbocycles. The topological polar surface area (TPSA) is 81.7 Å². The van der Waals surface area contributed by atoms with Gasteiger partial charge in [-0.3, -0.25) is 14.4 Å². The van der Waals surface area contributed by atoms with Crippen molar-refractivity contribution in [3.63, 3.8) is 0 Å². The lowest BCUT2D eigenvalue weighted by Crippen LogP contribution is -2.31. The fraction of sp³-hybridized carbons (Fsp3) is 0.167. The SMILES string of the molecule is O=C(CNC(=O)c1cccc(OC(F)F)c1)OCC(=O)c1ccc(Cl)c(Cl)c1. The molecular formula is C18H13Cl2F2NO5. The predicted molar refractivity (Wildman–Crippen MR) is 97.2 cm³/mol. The van der Waals surface area contributed by atoms with E-state index in [2.05, 4.69) is 10.1 Å². The Morgan fingerprint density at radius 3 is 2.43 bits per heavy atom. The lowest BCUT2D eigenvalue weighted by atomic mass is 10.1. The second kappa shape index (κ2) is 10.0. The Labute approximate surface area is 168 Å². The lowest BCUT2D eigenvalue weighted by molar-refractivity contribution is -0.141. The number of carbonyl (C=O) groups is 3. The minimum atomic E-state index is -3.03. The summed E-state index contributed by atoms with van der Waals surface area (Å²) in [6.45, 7) is -4.10. The molecule has 0 atom stereocenters. The van der Waals surface area contributed by atoms with Crippen molar-refractivity contribution >= 4 is 40.9 Å². The van der Waals surface area contributed by atoms with Crippen molar-refractivity contribution in [1.82, 2.24) is 5.32 Å². The highest BCUT2D eigenvalue weighted by atomic mass is 35.5. The van der Waals surface area contributed by atoms with Crippen molar-refractivity contribution < 1.29 is 32.6 Å². The Kier molecular flexibility index (Phi) is 7.71. The largest absolute Gasteiger partial charge is 0.456 e. The highest BCUT2D eigenvalue weighted by Gasteiger charge is 2.14. The lowest BCUT2D eigenvalue weighted by Gasteiger charge is -2.08. The molecule has 0 aromatic heterocycles. The van der Waals surface area contributed by atoms with Gasteiger partial charge in [0.2, 0.25) is 0 Å². The molecule has 0 saturated heterocycles. The van der Waals surface area contributed by atoms with E-state index in [9.17, 15) is 23.2 Å². The molecule has 0 unspecified atom stereocenters. The van der Waals surface area contributed by atoms with Crippen LogP contribution in [0.15, 0.2) is 42.5 Å². The summed E-state index contributed by atoms with van der Waals surface area (Å²) in [6.07, 6.45) is 0. The van der Waals surface area contributed by atoms with Crippen LogP contribution in [-0.4, -0.2) is 37.4 Å². The zero-order valence-electron chi connectivity index (χ0n) is 14.1. The van der Waals surface area contributed by atoms with Crippen molar-refractivity contribution in [3.05, 3.63) is 63.6 Å². The number of nitrogens with one attached hydrogen (secondary N) is 1. The van der Waals surface area contributed by atoms with Crippen LogP contribution in [0.5, 0.6) is 5.75 Å². The molecule has 0 heterocycles. The number of amides is 1. The van der Waals surface area contributed by atoms with Crippen LogP contribution >= 0.6 is 23.2 Å². The maximum Gasteiger partial charge on any atom is 0.387 e. The molecule has 0 bridgehead atoms. The average molecular weight is 432 g/mol. The van der Waals surface area contributed by atoms with Gasteiger partial charge in [-0.1, -0.05) is 29.3 Å². The van der Waals surface area contributed by atoms with Gasteiger partial charge in [-0.15, -0.1) is 0 Å². The Bertz CT molecular complexity index is 892. The highest BCUT2D eigenvalue weighted by molar-refractivity contribution is 6.42. The van der Waals surface area contributed by atoms with Crippen LogP contribution in [0, 0.1) is 0 Å². The number of halogens is 4. The molecule has 2 aromatic rings. The third-order valence-electron chi connectivity index (χ3n) is 3.32. The van der Waals surface area contributed by atoms with E-state index in [1.54, 1.807) is 0 Å². The maximum absolute atomic E-state index is 12.2. The van der Waals surface area contributed by atoms with Crippen LogP contribution in [0.3, 0.4) is 0 Å². The van der Waals surface area contributed by atoms with Gasteiger partial charge in [-0.25, -0.2) is 0 Å². The van der Waals surface area contributed by atoms with E-state index in [1.165, 1.54) is 36.4 Å². The number of alkyl halides is 2.